The van der Waals surface area contributed by atoms with Crippen molar-refractivity contribution in [2.75, 3.05) is 31.1 Å². The minimum atomic E-state index is -0.402. The number of rotatable bonds is 3. The highest BCUT2D eigenvalue weighted by Gasteiger charge is 2.26. The summed E-state index contributed by atoms with van der Waals surface area (Å²) in [6.07, 6.45) is 1.81. The molecule has 0 amide bonds. The summed E-state index contributed by atoms with van der Waals surface area (Å²) in [5.41, 5.74) is 4.27. The lowest BCUT2D eigenvalue weighted by atomic mass is 10.1. The number of cyclic esters (lactones) is 1. The maximum atomic E-state index is 12.2. The zero-order chi connectivity index (χ0) is 19.8. The Morgan fingerprint density at radius 2 is 1.90 bits per heavy atom. The van der Waals surface area contributed by atoms with Crippen molar-refractivity contribution in [1.29, 1.82) is 0 Å². The number of nitrogens with zero attached hydrogens (tertiary/aromatic N) is 4. The maximum Gasteiger partial charge on any atom is 0.365 e. The molecule has 5 rings (SSSR count). The van der Waals surface area contributed by atoms with Gasteiger partial charge in [-0.15, -0.1) is 0 Å². The van der Waals surface area contributed by atoms with Gasteiger partial charge in [0.05, 0.1) is 11.0 Å². The van der Waals surface area contributed by atoms with Crippen LogP contribution in [-0.2, 0) is 9.53 Å². The van der Waals surface area contributed by atoms with Crippen LogP contribution in [0, 0.1) is 6.92 Å². The lowest BCUT2D eigenvalue weighted by Crippen LogP contribution is -2.44. The van der Waals surface area contributed by atoms with E-state index in [0.717, 1.165) is 54.3 Å². The average molecular weight is 387 g/mol. The summed E-state index contributed by atoms with van der Waals surface area (Å²) < 4.78 is 5.37. The zero-order valence-corrected chi connectivity index (χ0v) is 16.1. The Morgan fingerprint density at radius 3 is 2.69 bits per heavy atom. The van der Waals surface area contributed by atoms with Gasteiger partial charge in [0.25, 0.3) is 0 Å². The number of aryl methyl sites for hydroxylation is 1. The molecule has 1 saturated heterocycles. The molecule has 1 N–H and O–H groups in total. The summed E-state index contributed by atoms with van der Waals surface area (Å²) >= 11 is 0. The highest BCUT2D eigenvalue weighted by Crippen LogP contribution is 2.21. The van der Waals surface area contributed by atoms with Crippen LogP contribution in [-0.4, -0.2) is 52.9 Å². The van der Waals surface area contributed by atoms with Crippen LogP contribution in [0.5, 0.6) is 0 Å². The number of anilines is 1. The van der Waals surface area contributed by atoms with E-state index in [1.165, 1.54) is 0 Å². The van der Waals surface area contributed by atoms with E-state index in [1.54, 1.807) is 6.20 Å². The number of para-hydroxylation sites is 2. The smallest absolute Gasteiger partial charge is 0.365 e. The largest absolute Gasteiger partial charge is 0.402 e. The molecule has 3 aromatic rings. The van der Waals surface area contributed by atoms with Crippen LogP contribution in [0.4, 0.5) is 5.95 Å². The summed E-state index contributed by atoms with van der Waals surface area (Å²) in [6, 6.07) is 15.8. The minimum absolute atomic E-state index is 0.346. The number of imidazole rings is 1. The summed E-state index contributed by atoms with van der Waals surface area (Å²) in [5, 5.41) is 0. The predicted molar refractivity (Wildman–Crippen MR) is 112 cm³/mol. The van der Waals surface area contributed by atoms with Crippen LogP contribution >= 0.6 is 0 Å². The minimum Gasteiger partial charge on any atom is -0.402 e. The van der Waals surface area contributed by atoms with Gasteiger partial charge >= 0.3 is 5.97 Å². The molecule has 2 aliphatic rings. The van der Waals surface area contributed by atoms with E-state index in [9.17, 15) is 4.79 Å². The lowest BCUT2D eigenvalue weighted by Gasteiger charge is -2.33. The van der Waals surface area contributed by atoms with Gasteiger partial charge in [0.2, 0.25) is 11.8 Å². The second-order valence-corrected chi connectivity index (χ2v) is 7.29. The third-order valence-corrected chi connectivity index (χ3v) is 5.18. The predicted octanol–water partition coefficient (Wildman–Crippen LogP) is 2.84. The van der Waals surface area contributed by atoms with Gasteiger partial charge in [-0.05, 0) is 31.2 Å². The highest BCUT2D eigenvalue weighted by atomic mass is 16.6. The number of carbonyl (C=O) groups is 1. The van der Waals surface area contributed by atoms with Crippen LogP contribution in [0.1, 0.15) is 11.1 Å². The molecule has 146 valence electrons. The van der Waals surface area contributed by atoms with Crippen LogP contribution in [0.3, 0.4) is 0 Å². The second-order valence-electron chi connectivity index (χ2n) is 7.29. The molecule has 0 spiro atoms. The number of fused-ring (bicyclic) bond motifs is 1. The maximum absolute atomic E-state index is 12.2. The van der Waals surface area contributed by atoms with Crippen molar-refractivity contribution in [2.45, 2.75) is 6.92 Å². The third-order valence-electron chi connectivity index (χ3n) is 5.18. The summed E-state index contributed by atoms with van der Waals surface area (Å²) in [6.45, 7) is 5.19. The summed E-state index contributed by atoms with van der Waals surface area (Å²) in [5.74, 6) is 0.852. The van der Waals surface area contributed by atoms with Gasteiger partial charge in [0, 0.05) is 37.9 Å². The molecule has 0 bridgehead atoms. The molecule has 0 saturated carbocycles. The van der Waals surface area contributed by atoms with Crippen molar-refractivity contribution in [2.24, 2.45) is 4.99 Å². The van der Waals surface area contributed by atoms with Crippen LogP contribution < -0.4 is 4.90 Å². The molecule has 2 aromatic carbocycles. The van der Waals surface area contributed by atoms with E-state index in [0.29, 0.717) is 11.6 Å². The number of H-pyrrole nitrogens is 1. The molecule has 0 radical (unpaired) electrons. The Kier molecular flexibility index (Phi) is 4.27. The second kappa shape index (κ2) is 7.09. The molecule has 1 fully saturated rings. The highest BCUT2D eigenvalue weighted by molar-refractivity contribution is 6.11. The van der Waals surface area contributed by atoms with Crippen molar-refractivity contribution in [3.05, 3.63) is 71.6 Å². The average Bonchev–Trinajstić information content (AvgIpc) is 3.32. The quantitative estimate of drug-likeness (QED) is 0.553. The standard InChI is InChI=1S/C22H21N5O2/c1-15-5-4-6-16(13-15)20-23-19(21(28)29-20)14-26-9-11-27(12-10-26)22-24-17-7-2-3-8-18(17)25-22/h2-8,13-14H,9-12H2,1H3,(H,24,25)/b19-14+. The van der Waals surface area contributed by atoms with Gasteiger partial charge in [0.15, 0.2) is 5.70 Å². The number of aromatic amines is 1. The van der Waals surface area contributed by atoms with Crippen LogP contribution in [0.25, 0.3) is 11.0 Å². The first-order chi connectivity index (χ1) is 14.2. The normalized spacial score (nSPS) is 18.4. The first-order valence-corrected chi connectivity index (χ1v) is 9.69. The summed E-state index contributed by atoms with van der Waals surface area (Å²) in [7, 11) is 0. The topological polar surface area (TPSA) is 73.8 Å². The van der Waals surface area contributed by atoms with Crippen LogP contribution in [0.2, 0.25) is 0 Å². The zero-order valence-electron chi connectivity index (χ0n) is 16.1. The van der Waals surface area contributed by atoms with Crippen LogP contribution in [0.15, 0.2) is 65.4 Å². The molecule has 0 unspecified atom stereocenters. The number of esters is 1. The van der Waals surface area contributed by atoms with Crippen molar-refractivity contribution < 1.29 is 9.53 Å². The van der Waals surface area contributed by atoms with E-state index in [4.69, 9.17) is 4.74 Å². The van der Waals surface area contributed by atoms with Crippen molar-refractivity contribution in [3.8, 4) is 0 Å². The molecule has 0 aliphatic carbocycles. The van der Waals surface area contributed by atoms with E-state index in [1.807, 2.05) is 55.5 Å². The van der Waals surface area contributed by atoms with E-state index in [-0.39, 0.29) is 0 Å². The fraction of sp³-hybridized carbons (Fsp3) is 0.227. The van der Waals surface area contributed by atoms with Gasteiger partial charge in [0.1, 0.15) is 0 Å². The number of benzene rings is 2. The fourth-order valence-electron chi connectivity index (χ4n) is 3.63. The Bertz CT molecular complexity index is 1110. The molecular formula is C22H21N5O2. The summed E-state index contributed by atoms with van der Waals surface area (Å²) in [4.78, 5) is 29.0. The number of nitrogens with one attached hydrogen (secondary N) is 1. The third kappa shape index (κ3) is 3.47. The van der Waals surface area contributed by atoms with Crippen molar-refractivity contribution >= 4 is 28.8 Å². The fourth-order valence-corrected chi connectivity index (χ4v) is 3.63. The Balaban J connectivity index is 1.28. The number of carbonyl (C=O) groups excluding carboxylic acids is 1. The number of hydrogen-bond acceptors (Lipinski definition) is 6. The first kappa shape index (κ1) is 17.5. The molecule has 1 aromatic heterocycles. The SMILES string of the molecule is Cc1cccc(C2=N/C(=C/N3CCN(c4nc5ccccc5[nH]4)CC3)C(=O)O2)c1. The molecule has 7 heteroatoms. The van der Waals surface area contributed by atoms with E-state index < -0.39 is 5.97 Å². The number of piperazine rings is 1. The molecule has 3 heterocycles. The van der Waals surface area contributed by atoms with Crippen molar-refractivity contribution in [1.82, 2.24) is 14.9 Å². The number of hydrogen-bond donors (Lipinski definition) is 1. The molecular weight excluding hydrogens is 366 g/mol. The number of aromatic nitrogens is 2. The molecule has 29 heavy (non-hydrogen) atoms. The molecule has 7 nitrogen and oxygen atoms in total. The lowest BCUT2D eigenvalue weighted by molar-refractivity contribution is -0.130. The number of aliphatic imine (C=N–C) groups is 1. The van der Waals surface area contributed by atoms with Gasteiger partial charge in [-0.1, -0.05) is 29.8 Å². The molecule has 2 aliphatic heterocycles. The Hall–Kier alpha value is -3.61. The first-order valence-electron chi connectivity index (χ1n) is 9.69. The van der Waals surface area contributed by atoms with Gasteiger partial charge in [-0.25, -0.2) is 14.8 Å². The monoisotopic (exact) mass is 387 g/mol. The number of ether oxygens (including phenoxy) is 1. The van der Waals surface area contributed by atoms with Gasteiger partial charge in [-0.2, -0.15) is 0 Å². The van der Waals surface area contributed by atoms with Gasteiger partial charge in [-0.3, -0.25) is 0 Å². The van der Waals surface area contributed by atoms with E-state index >= 15 is 0 Å². The van der Waals surface area contributed by atoms with E-state index in [2.05, 4.69) is 24.8 Å². The van der Waals surface area contributed by atoms with Crippen molar-refractivity contribution in [3.63, 3.8) is 0 Å². The Morgan fingerprint density at radius 1 is 1.07 bits per heavy atom. The Labute approximate surface area is 168 Å². The van der Waals surface area contributed by atoms with Gasteiger partial charge < -0.3 is 19.5 Å². The molecule has 0 atom stereocenters.